The molecule has 0 saturated carbocycles. The molecule has 0 spiro atoms. The standard InChI is InChI=1S/C12H15N3O2/c1-9(16)15-7-11(8-15)12(17)14-6-10-2-4-13-5-3-10/h2-5,11H,6-8H2,1H3,(H,14,17). The van der Waals surface area contributed by atoms with Gasteiger partial charge in [0.1, 0.15) is 0 Å². The number of rotatable bonds is 3. The van der Waals surface area contributed by atoms with Gasteiger partial charge in [0.15, 0.2) is 0 Å². The summed E-state index contributed by atoms with van der Waals surface area (Å²) in [6.45, 7) is 3.11. The number of nitrogens with zero attached hydrogens (tertiary/aromatic N) is 2. The fraction of sp³-hybridized carbons (Fsp3) is 0.417. The van der Waals surface area contributed by atoms with Crippen LogP contribution in [0.25, 0.3) is 0 Å². The Hall–Kier alpha value is -1.91. The predicted octanol–water partition coefficient (Wildman–Crippen LogP) is 0.176. The Morgan fingerprint density at radius 3 is 2.65 bits per heavy atom. The molecule has 0 aromatic carbocycles. The van der Waals surface area contributed by atoms with Gasteiger partial charge in [-0.3, -0.25) is 14.6 Å². The second kappa shape index (κ2) is 4.95. The van der Waals surface area contributed by atoms with Gasteiger partial charge in [-0.2, -0.15) is 0 Å². The maximum absolute atomic E-state index is 11.7. The van der Waals surface area contributed by atoms with E-state index in [2.05, 4.69) is 10.3 Å². The van der Waals surface area contributed by atoms with Crippen molar-refractivity contribution in [1.82, 2.24) is 15.2 Å². The number of hydrogen-bond donors (Lipinski definition) is 1. The van der Waals surface area contributed by atoms with Gasteiger partial charge in [0, 0.05) is 39.0 Å². The highest BCUT2D eigenvalue weighted by atomic mass is 16.2. The van der Waals surface area contributed by atoms with Gasteiger partial charge in [-0.25, -0.2) is 0 Å². The zero-order chi connectivity index (χ0) is 12.3. The first kappa shape index (κ1) is 11.6. The minimum atomic E-state index is -0.0549. The van der Waals surface area contributed by atoms with E-state index in [1.54, 1.807) is 17.3 Å². The van der Waals surface area contributed by atoms with E-state index in [1.165, 1.54) is 6.92 Å². The Kier molecular flexibility index (Phi) is 3.37. The molecule has 0 aliphatic carbocycles. The molecule has 2 heterocycles. The lowest BCUT2D eigenvalue weighted by molar-refractivity contribution is -0.141. The molecule has 5 nitrogen and oxygen atoms in total. The van der Waals surface area contributed by atoms with Crippen molar-refractivity contribution in [1.29, 1.82) is 0 Å². The summed E-state index contributed by atoms with van der Waals surface area (Å²) in [5.41, 5.74) is 1.02. The van der Waals surface area contributed by atoms with Crippen LogP contribution in [-0.2, 0) is 16.1 Å². The van der Waals surface area contributed by atoms with Gasteiger partial charge in [-0.15, -0.1) is 0 Å². The predicted molar refractivity (Wildman–Crippen MR) is 61.8 cm³/mol. The third-order valence-electron chi connectivity index (χ3n) is 2.91. The molecular formula is C12H15N3O2. The number of likely N-dealkylation sites (tertiary alicyclic amines) is 1. The largest absolute Gasteiger partial charge is 0.352 e. The van der Waals surface area contributed by atoms with Crippen LogP contribution in [-0.4, -0.2) is 34.8 Å². The first-order valence-electron chi connectivity index (χ1n) is 5.59. The molecule has 5 heteroatoms. The lowest BCUT2D eigenvalue weighted by atomic mass is 9.99. The van der Waals surface area contributed by atoms with Crippen LogP contribution in [0.15, 0.2) is 24.5 Å². The summed E-state index contributed by atoms with van der Waals surface area (Å²) >= 11 is 0. The number of hydrogen-bond acceptors (Lipinski definition) is 3. The van der Waals surface area contributed by atoms with E-state index in [0.717, 1.165) is 5.56 Å². The first-order chi connectivity index (χ1) is 8.16. The summed E-state index contributed by atoms with van der Waals surface area (Å²) in [5, 5.41) is 2.86. The highest BCUT2D eigenvalue weighted by Gasteiger charge is 2.33. The minimum absolute atomic E-state index is 0.0133. The van der Waals surface area contributed by atoms with Gasteiger partial charge in [0.25, 0.3) is 0 Å². The molecule has 1 aliphatic heterocycles. The van der Waals surface area contributed by atoms with Gasteiger partial charge in [0.05, 0.1) is 5.92 Å². The van der Waals surface area contributed by atoms with Crippen molar-refractivity contribution in [3.8, 4) is 0 Å². The van der Waals surface area contributed by atoms with E-state index in [9.17, 15) is 9.59 Å². The molecule has 0 bridgehead atoms. The SMILES string of the molecule is CC(=O)N1CC(C(=O)NCc2ccncc2)C1. The molecule has 1 aromatic rings. The highest BCUT2D eigenvalue weighted by molar-refractivity contribution is 5.83. The number of amides is 2. The van der Waals surface area contributed by atoms with Crippen LogP contribution >= 0.6 is 0 Å². The zero-order valence-corrected chi connectivity index (χ0v) is 9.72. The van der Waals surface area contributed by atoms with Crippen molar-refractivity contribution in [3.63, 3.8) is 0 Å². The van der Waals surface area contributed by atoms with Crippen molar-refractivity contribution in [2.45, 2.75) is 13.5 Å². The van der Waals surface area contributed by atoms with E-state index in [4.69, 9.17) is 0 Å². The first-order valence-corrected chi connectivity index (χ1v) is 5.59. The number of carbonyl (C=O) groups excluding carboxylic acids is 2. The third kappa shape index (κ3) is 2.81. The van der Waals surface area contributed by atoms with E-state index in [0.29, 0.717) is 19.6 Å². The number of carbonyl (C=O) groups is 2. The molecule has 90 valence electrons. The molecule has 1 aromatic heterocycles. The van der Waals surface area contributed by atoms with Crippen molar-refractivity contribution >= 4 is 11.8 Å². The Balaban J connectivity index is 1.74. The molecule has 0 atom stereocenters. The Bertz CT molecular complexity index is 413. The zero-order valence-electron chi connectivity index (χ0n) is 9.72. The number of nitrogens with one attached hydrogen (secondary N) is 1. The van der Waals surface area contributed by atoms with Gasteiger partial charge in [0.2, 0.25) is 11.8 Å². The molecule has 0 radical (unpaired) electrons. The summed E-state index contributed by atoms with van der Waals surface area (Å²) in [5.74, 6) is -0.0109. The monoisotopic (exact) mass is 233 g/mol. The van der Waals surface area contributed by atoms with Gasteiger partial charge in [-0.1, -0.05) is 0 Å². The molecule has 1 fully saturated rings. The van der Waals surface area contributed by atoms with Crippen molar-refractivity contribution in [3.05, 3.63) is 30.1 Å². The van der Waals surface area contributed by atoms with Gasteiger partial charge in [-0.05, 0) is 17.7 Å². The molecule has 2 amide bonds. The number of aromatic nitrogens is 1. The van der Waals surface area contributed by atoms with Crippen LogP contribution in [0, 0.1) is 5.92 Å². The van der Waals surface area contributed by atoms with Crippen LogP contribution in [0.2, 0.25) is 0 Å². The van der Waals surface area contributed by atoms with Crippen LogP contribution in [0.3, 0.4) is 0 Å². The Labute approximate surface area is 99.8 Å². The van der Waals surface area contributed by atoms with Crippen molar-refractivity contribution in [2.75, 3.05) is 13.1 Å². The average Bonchev–Trinajstić information content (AvgIpc) is 2.25. The van der Waals surface area contributed by atoms with Gasteiger partial charge >= 0.3 is 0 Å². The lowest BCUT2D eigenvalue weighted by Crippen LogP contribution is -2.55. The Morgan fingerprint density at radius 1 is 1.41 bits per heavy atom. The van der Waals surface area contributed by atoms with E-state index >= 15 is 0 Å². The normalized spacial score (nSPS) is 15.2. The van der Waals surface area contributed by atoms with Crippen LogP contribution in [0.4, 0.5) is 0 Å². The molecule has 2 rings (SSSR count). The van der Waals surface area contributed by atoms with Crippen LogP contribution in [0.5, 0.6) is 0 Å². The molecule has 1 N–H and O–H groups in total. The maximum Gasteiger partial charge on any atom is 0.226 e. The fourth-order valence-electron chi connectivity index (χ4n) is 1.74. The molecule has 1 saturated heterocycles. The lowest BCUT2D eigenvalue weighted by Gasteiger charge is -2.37. The average molecular weight is 233 g/mol. The second-order valence-corrected chi connectivity index (χ2v) is 4.19. The van der Waals surface area contributed by atoms with Crippen molar-refractivity contribution < 1.29 is 9.59 Å². The van der Waals surface area contributed by atoms with E-state index < -0.39 is 0 Å². The fourth-order valence-corrected chi connectivity index (χ4v) is 1.74. The summed E-state index contributed by atoms with van der Waals surface area (Å²) in [4.78, 5) is 28.2. The summed E-state index contributed by atoms with van der Waals surface area (Å²) in [7, 11) is 0. The van der Waals surface area contributed by atoms with E-state index in [1.807, 2.05) is 12.1 Å². The summed E-state index contributed by atoms with van der Waals surface area (Å²) in [6.07, 6.45) is 3.39. The number of pyridine rings is 1. The Morgan fingerprint density at radius 2 is 2.06 bits per heavy atom. The van der Waals surface area contributed by atoms with Gasteiger partial charge < -0.3 is 10.2 Å². The minimum Gasteiger partial charge on any atom is -0.352 e. The molecule has 17 heavy (non-hydrogen) atoms. The third-order valence-corrected chi connectivity index (χ3v) is 2.91. The summed E-state index contributed by atoms with van der Waals surface area (Å²) in [6, 6.07) is 3.73. The smallest absolute Gasteiger partial charge is 0.226 e. The van der Waals surface area contributed by atoms with E-state index in [-0.39, 0.29) is 17.7 Å². The maximum atomic E-state index is 11.7. The molecule has 0 unspecified atom stereocenters. The van der Waals surface area contributed by atoms with Crippen LogP contribution in [0.1, 0.15) is 12.5 Å². The van der Waals surface area contributed by atoms with Crippen molar-refractivity contribution in [2.24, 2.45) is 5.92 Å². The summed E-state index contributed by atoms with van der Waals surface area (Å²) < 4.78 is 0. The second-order valence-electron chi connectivity index (χ2n) is 4.19. The highest BCUT2D eigenvalue weighted by Crippen LogP contribution is 2.15. The molecule has 1 aliphatic rings. The molecular weight excluding hydrogens is 218 g/mol. The quantitative estimate of drug-likeness (QED) is 0.810. The van der Waals surface area contributed by atoms with Crippen LogP contribution < -0.4 is 5.32 Å². The topological polar surface area (TPSA) is 62.3 Å².